The molecular formula is C20H16ClN3O2S. The van der Waals surface area contributed by atoms with Gasteiger partial charge in [0.15, 0.2) is 0 Å². The minimum Gasteiger partial charge on any atom is -0.260 e. The fraction of sp³-hybridized carbons (Fsp3) is 0.100. The second kappa shape index (κ2) is 8.31. The maximum Gasteiger partial charge on any atom is 0.243 e. The zero-order chi connectivity index (χ0) is 19.3. The Balaban J connectivity index is 2.01. The molecule has 0 aliphatic heterocycles. The van der Waals surface area contributed by atoms with E-state index in [-0.39, 0.29) is 18.0 Å². The Morgan fingerprint density at radius 2 is 1.67 bits per heavy atom. The van der Waals surface area contributed by atoms with Crippen molar-refractivity contribution in [1.29, 1.82) is 5.26 Å². The molecule has 7 heteroatoms. The molecule has 0 radical (unpaired) electrons. The highest BCUT2D eigenvalue weighted by Crippen LogP contribution is 2.23. The minimum absolute atomic E-state index is 0.0608. The number of nitriles is 1. The molecule has 0 aliphatic carbocycles. The normalized spacial score (nSPS) is 11.3. The predicted molar refractivity (Wildman–Crippen MR) is 103 cm³/mol. The smallest absolute Gasteiger partial charge is 0.243 e. The van der Waals surface area contributed by atoms with E-state index in [1.807, 2.05) is 0 Å². The largest absolute Gasteiger partial charge is 0.260 e. The van der Waals surface area contributed by atoms with Crippen molar-refractivity contribution < 1.29 is 8.42 Å². The van der Waals surface area contributed by atoms with Crippen LogP contribution in [-0.4, -0.2) is 17.7 Å². The summed E-state index contributed by atoms with van der Waals surface area (Å²) in [6.07, 6.45) is 1.62. The van der Waals surface area contributed by atoms with Crippen molar-refractivity contribution in [3.05, 3.63) is 94.8 Å². The Kier molecular flexibility index (Phi) is 5.87. The van der Waals surface area contributed by atoms with Crippen LogP contribution in [0.25, 0.3) is 0 Å². The van der Waals surface area contributed by atoms with Crippen molar-refractivity contribution in [3.63, 3.8) is 0 Å². The van der Waals surface area contributed by atoms with Crippen LogP contribution in [0.1, 0.15) is 16.8 Å². The zero-order valence-corrected chi connectivity index (χ0v) is 15.9. The van der Waals surface area contributed by atoms with Crippen LogP contribution in [0.2, 0.25) is 5.02 Å². The van der Waals surface area contributed by atoms with E-state index in [9.17, 15) is 13.7 Å². The summed E-state index contributed by atoms with van der Waals surface area (Å²) < 4.78 is 27.8. The van der Waals surface area contributed by atoms with E-state index in [2.05, 4.69) is 11.1 Å². The molecule has 3 aromatic rings. The van der Waals surface area contributed by atoms with Crippen molar-refractivity contribution in [2.45, 2.75) is 18.0 Å². The maximum atomic E-state index is 13.2. The third-order valence-electron chi connectivity index (χ3n) is 4.00. The number of rotatable bonds is 6. The molecule has 0 atom stereocenters. The van der Waals surface area contributed by atoms with E-state index in [1.165, 1.54) is 28.6 Å². The Morgan fingerprint density at radius 1 is 0.963 bits per heavy atom. The summed E-state index contributed by atoms with van der Waals surface area (Å²) in [5, 5.41) is 9.78. The summed E-state index contributed by atoms with van der Waals surface area (Å²) >= 11 is 5.89. The molecule has 0 fully saturated rings. The summed E-state index contributed by atoms with van der Waals surface area (Å²) in [5.74, 6) is 0. The highest BCUT2D eigenvalue weighted by Gasteiger charge is 2.26. The van der Waals surface area contributed by atoms with Gasteiger partial charge < -0.3 is 0 Å². The molecule has 136 valence electrons. The highest BCUT2D eigenvalue weighted by atomic mass is 35.5. The molecule has 3 rings (SSSR count). The molecule has 1 heterocycles. The van der Waals surface area contributed by atoms with Gasteiger partial charge in [0.25, 0.3) is 0 Å². The van der Waals surface area contributed by atoms with Crippen molar-refractivity contribution in [2.75, 3.05) is 0 Å². The molecule has 0 bridgehead atoms. The van der Waals surface area contributed by atoms with Crippen LogP contribution in [-0.2, 0) is 23.1 Å². The van der Waals surface area contributed by atoms with Crippen LogP contribution in [0.4, 0.5) is 0 Å². The van der Waals surface area contributed by atoms with E-state index < -0.39 is 10.0 Å². The Hall–Kier alpha value is -2.72. The van der Waals surface area contributed by atoms with Gasteiger partial charge in [0.05, 0.1) is 28.8 Å². The van der Waals surface area contributed by atoms with E-state index in [1.54, 1.807) is 48.7 Å². The molecule has 0 saturated carbocycles. The molecule has 27 heavy (non-hydrogen) atoms. The maximum absolute atomic E-state index is 13.2. The zero-order valence-electron chi connectivity index (χ0n) is 14.3. The Morgan fingerprint density at radius 3 is 2.33 bits per heavy atom. The van der Waals surface area contributed by atoms with Crippen molar-refractivity contribution in [1.82, 2.24) is 9.29 Å². The molecule has 5 nitrogen and oxygen atoms in total. The average Bonchev–Trinajstić information content (AvgIpc) is 2.69. The number of sulfonamides is 1. The minimum atomic E-state index is -3.81. The molecule has 1 aromatic heterocycles. The van der Waals surface area contributed by atoms with Crippen LogP contribution in [0.3, 0.4) is 0 Å². The predicted octanol–water partition coefficient (Wildman–Crippen LogP) is 4.00. The number of pyridine rings is 1. The first kappa shape index (κ1) is 19.1. The number of benzene rings is 2. The van der Waals surface area contributed by atoms with Gasteiger partial charge in [0.2, 0.25) is 10.0 Å². The lowest BCUT2D eigenvalue weighted by molar-refractivity contribution is 0.396. The van der Waals surface area contributed by atoms with Gasteiger partial charge in [-0.3, -0.25) is 4.98 Å². The first-order chi connectivity index (χ1) is 13.0. The van der Waals surface area contributed by atoms with Gasteiger partial charge in [0.1, 0.15) is 0 Å². The summed E-state index contributed by atoms with van der Waals surface area (Å²) in [4.78, 5) is 4.37. The molecule has 0 amide bonds. The van der Waals surface area contributed by atoms with Crippen molar-refractivity contribution in [3.8, 4) is 6.07 Å². The van der Waals surface area contributed by atoms with E-state index >= 15 is 0 Å². The number of hydrogen-bond acceptors (Lipinski definition) is 4. The van der Waals surface area contributed by atoms with Gasteiger partial charge in [-0.25, -0.2) is 8.42 Å². The highest BCUT2D eigenvalue weighted by molar-refractivity contribution is 7.89. The standard InChI is InChI=1S/C20H16ClN3O2S/c21-18-8-10-20(11-9-18)27(25,26)24(15-19-7-3-4-12-23-19)14-17-6-2-1-5-16(17)13-22/h1-12H,14-15H2. The monoisotopic (exact) mass is 397 g/mol. The van der Waals surface area contributed by atoms with E-state index in [0.717, 1.165) is 0 Å². The molecule has 0 N–H and O–H groups in total. The quantitative estimate of drug-likeness (QED) is 0.630. The molecular weight excluding hydrogens is 382 g/mol. The van der Waals surface area contributed by atoms with Gasteiger partial charge in [-0.2, -0.15) is 9.57 Å². The number of nitrogens with zero attached hydrogens (tertiary/aromatic N) is 3. The van der Waals surface area contributed by atoms with Crippen LogP contribution < -0.4 is 0 Å². The molecule has 0 saturated heterocycles. The van der Waals surface area contributed by atoms with Gasteiger partial charge in [-0.15, -0.1) is 0 Å². The molecule has 0 spiro atoms. The molecule has 2 aromatic carbocycles. The fourth-order valence-electron chi connectivity index (χ4n) is 2.61. The Labute approximate surface area is 163 Å². The number of halogens is 1. The summed E-state index contributed by atoms with van der Waals surface area (Å²) in [7, 11) is -3.81. The van der Waals surface area contributed by atoms with Crippen LogP contribution in [0.5, 0.6) is 0 Å². The second-order valence-corrected chi connectivity index (χ2v) is 8.19. The Bertz CT molecular complexity index is 1060. The average molecular weight is 398 g/mol. The number of aromatic nitrogens is 1. The van der Waals surface area contributed by atoms with Gasteiger partial charge in [-0.1, -0.05) is 35.9 Å². The summed E-state index contributed by atoms with van der Waals surface area (Å²) in [6, 6.07) is 20.4. The SMILES string of the molecule is N#Cc1ccccc1CN(Cc1ccccn1)S(=O)(=O)c1ccc(Cl)cc1. The van der Waals surface area contributed by atoms with Crippen molar-refractivity contribution in [2.24, 2.45) is 0 Å². The second-order valence-electron chi connectivity index (χ2n) is 5.82. The summed E-state index contributed by atoms with van der Waals surface area (Å²) in [6.45, 7) is 0.150. The lowest BCUT2D eigenvalue weighted by Crippen LogP contribution is -2.31. The lowest BCUT2D eigenvalue weighted by Gasteiger charge is -2.22. The van der Waals surface area contributed by atoms with Crippen LogP contribution in [0.15, 0.2) is 77.8 Å². The number of hydrogen-bond donors (Lipinski definition) is 0. The van der Waals surface area contributed by atoms with Crippen LogP contribution in [0, 0.1) is 11.3 Å². The molecule has 0 unspecified atom stereocenters. The van der Waals surface area contributed by atoms with Crippen molar-refractivity contribution >= 4 is 21.6 Å². The first-order valence-corrected chi connectivity index (χ1v) is 9.96. The third-order valence-corrected chi connectivity index (χ3v) is 6.06. The first-order valence-electron chi connectivity index (χ1n) is 8.14. The van der Waals surface area contributed by atoms with E-state index in [0.29, 0.717) is 21.8 Å². The van der Waals surface area contributed by atoms with Gasteiger partial charge >= 0.3 is 0 Å². The summed E-state index contributed by atoms with van der Waals surface area (Å²) in [5.41, 5.74) is 1.69. The fourth-order valence-corrected chi connectivity index (χ4v) is 4.13. The van der Waals surface area contributed by atoms with Gasteiger partial charge in [-0.05, 0) is 48.0 Å². The lowest BCUT2D eigenvalue weighted by atomic mass is 10.1. The van der Waals surface area contributed by atoms with Gasteiger partial charge in [0, 0.05) is 17.8 Å². The van der Waals surface area contributed by atoms with Crippen LogP contribution >= 0.6 is 11.6 Å². The third kappa shape index (κ3) is 4.52. The van der Waals surface area contributed by atoms with E-state index in [4.69, 9.17) is 11.6 Å². The molecule has 0 aliphatic rings. The topological polar surface area (TPSA) is 74.1 Å².